The topological polar surface area (TPSA) is 51.8 Å². The number of rotatable bonds is 5. The molecule has 10 rings (SSSR count). The van der Waals surface area contributed by atoms with Crippen LogP contribution in [0.5, 0.6) is 0 Å². The number of nitrogens with zero attached hydrogens (tertiary/aromatic N) is 3. The molecule has 50 heavy (non-hydrogen) atoms. The Morgan fingerprint density at radius 1 is 0.360 bits per heavy atom. The third kappa shape index (κ3) is 4.79. The van der Waals surface area contributed by atoms with Gasteiger partial charge in [0.15, 0.2) is 17.5 Å². The maximum atomic E-state index is 6.46. The Labute approximate surface area is 292 Å². The highest BCUT2D eigenvalue weighted by molar-refractivity contribution is 7.26. The number of hydrogen-bond acceptors (Lipinski definition) is 5. The predicted molar refractivity (Wildman–Crippen MR) is 207 cm³/mol. The normalized spacial score (nSPS) is 11.6. The van der Waals surface area contributed by atoms with Crippen molar-refractivity contribution in [2.75, 3.05) is 0 Å². The second-order valence-electron chi connectivity index (χ2n) is 12.4. The van der Waals surface area contributed by atoms with Gasteiger partial charge in [0.2, 0.25) is 0 Å². The minimum absolute atomic E-state index is 0.608. The summed E-state index contributed by atoms with van der Waals surface area (Å²) in [6.07, 6.45) is 0. The quantitative estimate of drug-likeness (QED) is 0.185. The van der Waals surface area contributed by atoms with Crippen LogP contribution in [-0.2, 0) is 0 Å². The molecule has 0 spiro atoms. The molecule has 10 aromatic rings. The molecule has 0 unspecified atom stereocenters. The lowest BCUT2D eigenvalue weighted by atomic mass is 9.96. The van der Waals surface area contributed by atoms with Gasteiger partial charge in [-0.3, -0.25) is 0 Å². The molecule has 3 heterocycles. The molecule has 0 N–H and O–H groups in total. The molecule has 0 saturated heterocycles. The Kier molecular flexibility index (Phi) is 6.64. The van der Waals surface area contributed by atoms with E-state index in [1.54, 1.807) is 0 Å². The highest BCUT2D eigenvalue weighted by atomic mass is 32.1. The Balaban J connectivity index is 1.16. The van der Waals surface area contributed by atoms with Crippen LogP contribution >= 0.6 is 11.3 Å². The van der Waals surface area contributed by atoms with E-state index >= 15 is 0 Å². The summed E-state index contributed by atoms with van der Waals surface area (Å²) in [7, 11) is 0. The van der Waals surface area contributed by atoms with Crippen molar-refractivity contribution in [2.45, 2.75) is 0 Å². The van der Waals surface area contributed by atoms with Crippen LogP contribution in [0, 0.1) is 0 Å². The van der Waals surface area contributed by atoms with E-state index in [0.717, 1.165) is 44.2 Å². The fraction of sp³-hybridized carbons (Fsp3) is 0. The van der Waals surface area contributed by atoms with Gasteiger partial charge in [0.05, 0.1) is 0 Å². The van der Waals surface area contributed by atoms with Crippen molar-refractivity contribution in [1.29, 1.82) is 0 Å². The molecule has 234 valence electrons. The zero-order valence-corrected chi connectivity index (χ0v) is 27.6. The fourth-order valence-electron chi connectivity index (χ4n) is 6.99. The van der Waals surface area contributed by atoms with E-state index in [9.17, 15) is 0 Å². The average molecular weight is 658 g/mol. The van der Waals surface area contributed by atoms with Crippen LogP contribution in [0.4, 0.5) is 0 Å². The Morgan fingerprint density at radius 2 is 0.980 bits per heavy atom. The SMILES string of the molecule is c1ccc(-c2ccc3c(c2)sc2cccc(-c4ccc5oc6cccc(-c7nc(-c8ccccc8)nc(-c8ccccc8)n7)c6c5c4)c23)cc1. The van der Waals surface area contributed by atoms with Gasteiger partial charge in [0.1, 0.15) is 11.2 Å². The van der Waals surface area contributed by atoms with Gasteiger partial charge in [-0.25, -0.2) is 15.0 Å². The highest BCUT2D eigenvalue weighted by Crippen LogP contribution is 2.43. The van der Waals surface area contributed by atoms with Gasteiger partial charge in [-0.05, 0) is 52.6 Å². The van der Waals surface area contributed by atoms with E-state index in [1.165, 1.54) is 36.9 Å². The largest absolute Gasteiger partial charge is 0.456 e. The number of thiophene rings is 1. The second-order valence-corrected chi connectivity index (χ2v) is 13.5. The third-order valence-electron chi connectivity index (χ3n) is 9.35. The van der Waals surface area contributed by atoms with Gasteiger partial charge in [0.25, 0.3) is 0 Å². The van der Waals surface area contributed by atoms with E-state index in [1.807, 2.05) is 84.1 Å². The van der Waals surface area contributed by atoms with E-state index < -0.39 is 0 Å². The summed E-state index contributed by atoms with van der Waals surface area (Å²) in [5.74, 6) is 1.87. The first kappa shape index (κ1) is 28.6. The van der Waals surface area contributed by atoms with Crippen molar-refractivity contribution in [1.82, 2.24) is 15.0 Å². The summed E-state index contributed by atoms with van der Waals surface area (Å²) in [4.78, 5) is 15.0. The van der Waals surface area contributed by atoms with Crippen LogP contribution < -0.4 is 0 Å². The van der Waals surface area contributed by atoms with Crippen LogP contribution in [0.3, 0.4) is 0 Å². The Hall–Kier alpha value is -6.43. The number of benzene rings is 7. The van der Waals surface area contributed by atoms with Crippen LogP contribution in [0.25, 0.3) is 98.5 Å². The molecule has 0 aliphatic heterocycles. The molecule has 0 fully saturated rings. The molecule has 7 aromatic carbocycles. The molecule has 3 aromatic heterocycles. The minimum Gasteiger partial charge on any atom is -0.456 e. The molecule has 4 nitrogen and oxygen atoms in total. The lowest BCUT2D eigenvalue weighted by Crippen LogP contribution is -2.00. The average Bonchev–Trinajstić information content (AvgIpc) is 3.76. The van der Waals surface area contributed by atoms with Crippen molar-refractivity contribution in [3.8, 4) is 56.4 Å². The molecular formula is C45H27N3OS. The number of hydrogen-bond donors (Lipinski definition) is 0. The molecule has 0 aliphatic carbocycles. The third-order valence-corrected chi connectivity index (χ3v) is 10.5. The standard InChI is InChI=1S/C45H27N3OS/c1-4-12-28(13-5-1)31-22-24-34-40(27-31)50-39-21-11-18-33(42(34)39)32-23-25-37-36(26-32)41-35(19-10-20-38(41)49-37)45-47-43(29-14-6-2-7-15-29)46-44(48-45)30-16-8-3-9-17-30/h1-27H. The summed E-state index contributed by atoms with van der Waals surface area (Å²) in [6.45, 7) is 0. The summed E-state index contributed by atoms with van der Waals surface area (Å²) < 4.78 is 9.02. The second kappa shape index (κ2) is 11.6. The minimum atomic E-state index is 0.608. The van der Waals surface area contributed by atoms with Gasteiger partial charge >= 0.3 is 0 Å². The highest BCUT2D eigenvalue weighted by Gasteiger charge is 2.19. The van der Waals surface area contributed by atoms with E-state index in [2.05, 4.69) is 91.0 Å². The zero-order valence-electron chi connectivity index (χ0n) is 26.7. The first-order valence-electron chi connectivity index (χ1n) is 16.6. The van der Waals surface area contributed by atoms with Crippen LogP contribution in [0.1, 0.15) is 0 Å². The molecular weight excluding hydrogens is 631 g/mol. The van der Waals surface area contributed by atoms with Gasteiger partial charge in [-0.1, -0.05) is 133 Å². The lowest BCUT2D eigenvalue weighted by molar-refractivity contribution is 0.669. The number of aromatic nitrogens is 3. The number of fused-ring (bicyclic) bond motifs is 6. The van der Waals surface area contributed by atoms with Crippen molar-refractivity contribution in [3.05, 3.63) is 164 Å². The Morgan fingerprint density at radius 3 is 1.70 bits per heavy atom. The summed E-state index contributed by atoms with van der Waals surface area (Å²) in [5, 5.41) is 4.56. The van der Waals surface area contributed by atoms with E-state index in [-0.39, 0.29) is 0 Å². The van der Waals surface area contributed by atoms with E-state index in [0.29, 0.717) is 17.5 Å². The van der Waals surface area contributed by atoms with Crippen molar-refractivity contribution in [3.63, 3.8) is 0 Å². The van der Waals surface area contributed by atoms with Gasteiger partial charge in [-0.2, -0.15) is 0 Å². The van der Waals surface area contributed by atoms with E-state index in [4.69, 9.17) is 19.4 Å². The Bertz CT molecular complexity index is 2800. The molecule has 0 aliphatic rings. The monoisotopic (exact) mass is 657 g/mol. The first-order valence-corrected chi connectivity index (χ1v) is 17.4. The van der Waals surface area contributed by atoms with Gasteiger partial charge in [0, 0.05) is 47.6 Å². The fourth-order valence-corrected chi connectivity index (χ4v) is 8.16. The summed E-state index contributed by atoms with van der Waals surface area (Å²) >= 11 is 1.84. The molecule has 0 amide bonds. The maximum absolute atomic E-state index is 6.46. The van der Waals surface area contributed by atoms with Crippen LogP contribution in [0.2, 0.25) is 0 Å². The van der Waals surface area contributed by atoms with Crippen molar-refractivity contribution >= 4 is 53.4 Å². The molecule has 5 heteroatoms. The molecule has 0 bridgehead atoms. The lowest BCUT2D eigenvalue weighted by Gasteiger charge is -2.09. The predicted octanol–water partition coefficient (Wildman–Crippen LogP) is 12.5. The maximum Gasteiger partial charge on any atom is 0.164 e. The number of furan rings is 1. The molecule has 0 saturated carbocycles. The first-order chi connectivity index (χ1) is 24.8. The van der Waals surface area contributed by atoms with Crippen LogP contribution in [0.15, 0.2) is 168 Å². The summed E-state index contributed by atoms with van der Waals surface area (Å²) in [5.41, 5.74) is 9.20. The van der Waals surface area contributed by atoms with Crippen molar-refractivity contribution < 1.29 is 4.42 Å². The van der Waals surface area contributed by atoms with Gasteiger partial charge in [-0.15, -0.1) is 11.3 Å². The van der Waals surface area contributed by atoms with Crippen molar-refractivity contribution in [2.24, 2.45) is 0 Å². The van der Waals surface area contributed by atoms with Gasteiger partial charge < -0.3 is 4.42 Å². The molecule has 0 radical (unpaired) electrons. The smallest absolute Gasteiger partial charge is 0.164 e. The zero-order chi connectivity index (χ0) is 33.0. The summed E-state index contributed by atoms with van der Waals surface area (Å²) in [6, 6.07) is 56.8. The molecule has 0 atom stereocenters. The van der Waals surface area contributed by atoms with Crippen LogP contribution in [-0.4, -0.2) is 15.0 Å².